The van der Waals surface area contributed by atoms with Crippen LogP contribution in [0.25, 0.3) is 0 Å². The molecule has 0 aliphatic carbocycles. The van der Waals surface area contributed by atoms with Crippen LogP contribution < -0.4 is 14.8 Å². The van der Waals surface area contributed by atoms with E-state index in [4.69, 9.17) is 4.74 Å². The molecular formula is C18H18F4N2O4S. The number of anilines is 1. The first-order chi connectivity index (χ1) is 13.5. The maximum atomic E-state index is 13.4. The van der Waals surface area contributed by atoms with Crippen molar-refractivity contribution in [2.75, 3.05) is 19.0 Å². The summed E-state index contributed by atoms with van der Waals surface area (Å²) in [7, 11) is -2.72. The number of benzene rings is 2. The van der Waals surface area contributed by atoms with Crippen molar-refractivity contribution in [3.63, 3.8) is 0 Å². The smallest absolute Gasteiger partial charge is 0.419 e. The maximum Gasteiger partial charge on any atom is 0.419 e. The average molecular weight is 434 g/mol. The van der Waals surface area contributed by atoms with Gasteiger partial charge >= 0.3 is 6.18 Å². The van der Waals surface area contributed by atoms with E-state index in [2.05, 4.69) is 10.0 Å². The van der Waals surface area contributed by atoms with Crippen LogP contribution in [-0.2, 0) is 16.2 Å². The fraction of sp³-hybridized carbons (Fsp3) is 0.278. The van der Waals surface area contributed by atoms with Gasteiger partial charge in [0.25, 0.3) is 5.91 Å². The van der Waals surface area contributed by atoms with E-state index in [0.29, 0.717) is 18.6 Å². The Hall–Kier alpha value is -2.66. The van der Waals surface area contributed by atoms with Gasteiger partial charge in [0, 0.05) is 17.8 Å². The van der Waals surface area contributed by atoms with Crippen molar-refractivity contribution in [1.82, 2.24) is 4.72 Å². The zero-order valence-corrected chi connectivity index (χ0v) is 16.2. The fourth-order valence-electron chi connectivity index (χ4n) is 2.37. The number of methoxy groups -OCH3 is 1. The van der Waals surface area contributed by atoms with Gasteiger partial charge in [-0.2, -0.15) is 13.2 Å². The van der Waals surface area contributed by atoms with Gasteiger partial charge in [0.1, 0.15) is 16.5 Å². The molecule has 2 N–H and O–H groups in total. The molecule has 0 bridgehead atoms. The molecule has 0 aliphatic rings. The third-order valence-electron chi connectivity index (χ3n) is 3.79. The van der Waals surface area contributed by atoms with Crippen LogP contribution in [0.5, 0.6) is 5.75 Å². The van der Waals surface area contributed by atoms with E-state index < -0.39 is 33.5 Å². The quantitative estimate of drug-likeness (QED) is 0.650. The van der Waals surface area contributed by atoms with Gasteiger partial charge in [-0.05, 0) is 42.8 Å². The molecule has 2 rings (SSSR count). The molecule has 0 aliphatic heterocycles. The van der Waals surface area contributed by atoms with Gasteiger partial charge in [-0.3, -0.25) is 4.79 Å². The largest absolute Gasteiger partial charge is 0.495 e. The molecular weight excluding hydrogens is 416 g/mol. The highest BCUT2D eigenvalue weighted by molar-refractivity contribution is 7.89. The first-order valence-corrected chi connectivity index (χ1v) is 9.83. The molecule has 0 aromatic heterocycles. The standard InChI is InChI=1S/C18H18F4N2O4S/c1-3-8-23-29(26,27)16-9-11(4-7-15(16)28-2)17(25)24-12-5-6-14(19)13(10-12)18(20,21)22/h4-7,9-10,23H,3,8H2,1-2H3,(H,24,25). The lowest BCUT2D eigenvalue weighted by Crippen LogP contribution is -2.25. The zero-order chi connectivity index (χ0) is 21.8. The van der Waals surface area contributed by atoms with Crippen LogP contribution in [0.1, 0.15) is 29.3 Å². The number of alkyl halides is 3. The molecule has 0 atom stereocenters. The number of hydrogen-bond acceptors (Lipinski definition) is 4. The molecule has 0 saturated carbocycles. The van der Waals surface area contributed by atoms with Gasteiger partial charge in [-0.1, -0.05) is 6.92 Å². The van der Waals surface area contributed by atoms with E-state index in [1.807, 2.05) is 0 Å². The molecule has 0 fully saturated rings. The highest BCUT2D eigenvalue weighted by atomic mass is 32.2. The van der Waals surface area contributed by atoms with Crippen LogP contribution in [0.2, 0.25) is 0 Å². The van der Waals surface area contributed by atoms with Crippen LogP contribution >= 0.6 is 0 Å². The van der Waals surface area contributed by atoms with Crippen molar-refractivity contribution in [1.29, 1.82) is 0 Å². The number of carbonyl (C=O) groups is 1. The van der Waals surface area contributed by atoms with Crippen molar-refractivity contribution in [2.24, 2.45) is 0 Å². The number of sulfonamides is 1. The lowest BCUT2D eigenvalue weighted by molar-refractivity contribution is -0.139. The minimum atomic E-state index is -4.93. The Kier molecular flexibility index (Phi) is 6.85. The third kappa shape index (κ3) is 5.45. The van der Waals surface area contributed by atoms with Gasteiger partial charge < -0.3 is 10.1 Å². The first-order valence-electron chi connectivity index (χ1n) is 8.35. The van der Waals surface area contributed by atoms with E-state index in [-0.39, 0.29) is 28.4 Å². The highest BCUT2D eigenvalue weighted by Gasteiger charge is 2.34. The van der Waals surface area contributed by atoms with Crippen molar-refractivity contribution in [3.8, 4) is 5.75 Å². The zero-order valence-electron chi connectivity index (χ0n) is 15.4. The number of halogens is 4. The summed E-state index contributed by atoms with van der Waals surface area (Å²) in [6.45, 7) is 1.93. The summed E-state index contributed by atoms with van der Waals surface area (Å²) in [6, 6.07) is 5.55. The second-order valence-electron chi connectivity index (χ2n) is 5.91. The van der Waals surface area contributed by atoms with Gasteiger partial charge in [0.15, 0.2) is 0 Å². The van der Waals surface area contributed by atoms with Crippen molar-refractivity contribution >= 4 is 21.6 Å². The summed E-state index contributed by atoms with van der Waals surface area (Å²) in [4.78, 5) is 12.1. The van der Waals surface area contributed by atoms with Crippen LogP contribution in [0.3, 0.4) is 0 Å². The molecule has 0 radical (unpaired) electrons. The Morgan fingerprint density at radius 1 is 1.14 bits per heavy atom. The molecule has 0 spiro atoms. The second-order valence-corrected chi connectivity index (χ2v) is 7.65. The van der Waals surface area contributed by atoms with Crippen LogP contribution in [-0.4, -0.2) is 28.0 Å². The van der Waals surface area contributed by atoms with E-state index in [1.54, 1.807) is 6.92 Å². The van der Waals surface area contributed by atoms with Crippen molar-refractivity contribution in [2.45, 2.75) is 24.4 Å². The lowest BCUT2D eigenvalue weighted by atomic mass is 10.1. The predicted octanol–water partition coefficient (Wildman–Crippen LogP) is 3.79. The third-order valence-corrected chi connectivity index (χ3v) is 5.27. The predicted molar refractivity (Wildman–Crippen MR) is 97.8 cm³/mol. The SMILES string of the molecule is CCCNS(=O)(=O)c1cc(C(=O)Nc2ccc(F)c(C(F)(F)F)c2)ccc1OC. The Morgan fingerprint density at radius 2 is 1.83 bits per heavy atom. The van der Waals surface area contributed by atoms with Gasteiger partial charge in [-0.25, -0.2) is 17.5 Å². The normalized spacial score (nSPS) is 11.9. The number of hydrogen-bond donors (Lipinski definition) is 2. The Labute approximate surface area is 164 Å². The van der Waals surface area contributed by atoms with Gasteiger partial charge in [0.05, 0.1) is 12.7 Å². The molecule has 2 aromatic rings. The molecule has 11 heteroatoms. The minimum Gasteiger partial charge on any atom is -0.495 e. The minimum absolute atomic E-state index is 0.00806. The van der Waals surface area contributed by atoms with Crippen LogP contribution in [0, 0.1) is 5.82 Å². The summed E-state index contributed by atoms with van der Waals surface area (Å²) < 4.78 is 84.0. The maximum absolute atomic E-state index is 13.4. The highest BCUT2D eigenvalue weighted by Crippen LogP contribution is 2.33. The molecule has 2 aromatic carbocycles. The number of carbonyl (C=O) groups excluding carboxylic acids is 1. The summed E-state index contributed by atoms with van der Waals surface area (Å²) in [6.07, 6.45) is -4.40. The topological polar surface area (TPSA) is 84.5 Å². The lowest BCUT2D eigenvalue weighted by Gasteiger charge is -2.13. The van der Waals surface area contributed by atoms with Crippen molar-refractivity contribution in [3.05, 3.63) is 53.3 Å². The summed E-state index contributed by atoms with van der Waals surface area (Å²) in [5, 5.41) is 2.20. The molecule has 1 amide bonds. The molecule has 0 saturated heterocycles. The molecule has 0 unspecified atom stereocenters. The molecule has 6 nitrogen and oxygen atoms in total. The number of rotatable bonds is 7. The Bertz CT molecular complexity index is 1010. The van der Waals surface area contributed by atoms with Gasteiger partial charge in [0.2, 0.25) is 10.0 Å². The average Bonchev–Trinajstić information content (AvgIpc) is 2.66. The molecule has 158 valence electrons. The first kappa shape index (κ1) is 22.6. The second kappa shape index (κ2) is 8.78. The molecule has 29 heavy (non-hydrogen) atoms. The molecule has 0 heterocycles. The summed E-state index contributed by atoms with van der Waals surface area (Å²) in [5.74, 6) is -2.36. The Balaban J connectivity index is 2.36. The number of amides is 1. The Morgan fingerprint density at radius 3 is 2.41 bits per heavy atom. The van der Waals surface area contributed by atoms with E-state index in [9.17, 15) is 30.8 Å². The van der Waals surface area contributed by atoms with E-state index >= 15 is 0 Å². The fourth-order valence-corrected chi connectivity index (χ4v) is 3.69. The summed E-state index contributed by atoms with van der Waals surface area (Å²) in [5.41, 5.74) is -1.97. The number of ether oxygens (including phenoxy) is 1. The van der Waals surface area contributed by atoms with E-state index in [1.165, 1.54) is 19.2 Å². The van der Waals surface area contributed by atoms with Gasteiger partial charge in [-0.15, -0.1) is 0 Å². The van der Waals surface area contributed by atoms with E-state index in [0.717, 1.165) is 12.1 Å². The van der Waals surface area contributed by atoms with Crippen LogP contribution in [0.15, 0.2) is 41.3 Å². The summed E-state index contributed by atoms with van der Waals surface area (Å²) >= 11 is 0. The van der Waals surface area contributed by atoms with Crippen molar-refractivity contribution < 1.29 is 35.5 Å². The monoisotopic (exact) mass is 434 g/mol. The van der Waals surface area contributed by atoms with Crippen LogP contribution in [0.4, 0.5) is 23.2 Å². The number of nitrogens with one attached hydrogen (secondary N) is 2.